The Bertz CT molecular complexity index is 694. The quantitative estimate of drug-likeness (QED) is 0.404. The Labute approximate surface area is 156 Å². The maximum absolute atomic E-state index is 12.2. The molecule has 5 N–H and O–H groups in total. The minimum absolute atomic E-state index is 0.113. The second-order valence-electron chi connectivity index (χ2n) is 7.13. The maximum Gasteiger partial charge on any atom is 0.338 e. The van der Waals surface area contributed by atoms with Crippen LogP contribution in [0.4, 0.5) is 0 Å². The van der Waals surface area contributed by atoms with Crippen LogP contribution in [-0.4, -0.2) is 80.9 Å². The highest BCUT2D eigenvalue weighted by atomic mass is 16.6. The van der Waals surface area contributed by atoms with Crippen LogP contribution in [-0.2, 0) is 9.53 Å². The zero-order valence-electron chi connectivity index (χ0n) is 14.8. The van der Waals surface area contributed by atoms with Gasteiger partial charge in [0.15, 0.2) is 6.10 Å². The normalized spacial score (nSPS) is 28.4. The number of hydrogen-bond acceptors (Lipinski definition) is 8. The fraction of sp³-hybridized carbons (Fsp3) is 0.579. The Balaban J connectivity index is 1.62. The summed E-state index contributed by atoms with van der Waals surface area (Å²) in [6, 6.07) is 8.05. The predicted octanol–water partition coefficient (Wildman–Crippen LogP) is -0.897. The van der Waals surface area contributed by atoms with E-state index in [4.69, 9.17) is 9.84 Å². The van der Waals surface area contributed by atoms with Crippen LogP contribution in [0.15, 0.2) is 29.3 Å². The lowest BCUT2D eigenvalue weighted by Gasteiger charge is -2.37. The second-order valence-corrected chi connectivity index (χ2v) is 7.13. The summed E-state index contributed by atoms with van der Waals surface area (Å²) >= 11 is 0. The number of esters is 1. The number of carbonyl (C=O) groups is 1. The molecule has 8 nitrogen and oxygen atoms in total. The molecule has 8 heteroatoms. The van der Waals surface area contributed by atoms with Crippen molar-refractivity contribution in [1.29, 1.82) is 0 Å². The topological polar surface area (TPSA) is 140 Å². The van der Waals surface area contributed by atoms with Crippen LogP contribution in [0.25, 0.3) is 0 Å². The molecule has 3 unspecified atom stereocenters. The molecule has 1 aromatic rings. The van der Waals surface area contributed by atoms with E-state index in [-0.39, 0.29) is 12.0 Å². The Morgan fingerprint density at radius 1 is 1.15 bits per heavy atom. The van der Waals surface area contributed by atoms with Gasteiger partial charge in [-0.05, 0) is 30.4 Å². The van der Waals surface area contributed by atoms with Gasteiger partial charge in [0, 0.05) is 12.1 Å². The van der Waals surface area contributed by atoms with Gasteiger partial charge in [-0.3, -0.25) is 4.99 Å². The molecule has 0 radical (unpaired) electrons. The van der Waals surface area contributed by atoms with Gasteiger partial charge in [0.1, 0.15) is 24.4 Å². The standard InChI is InChI=1S/C19H25NO7/c21-9-15(22)16(23)17(24)18(25)19(26)27-11-5-6-14-13(7-11)12-4-2-1-3-10(12)8-20-14/h1-4,8,11,13-18,21-25H,5-7,9H2/t11?,13?,14?,15-,16-,17+,18-/m1/s1. The van der Waals surface area contributed by atoms with Crippen molar-refractivity contribution in [2.45, 2.75) is 61.7 Å². The van der Waals surface area contributed by atoms with Crippen LogP contribution in [0.3, 0.4) is 0 Å². The fourth-order valence-corrected chi connectivity index (χ4v) is 3.77. The zero-order valence-corrected chi connectivity index (χ0v) is 14.8. The van der Waals surface area contributed by atoms with Crippen molar-refractivity contribution in [3.8, 4) is 0 Å². The molecule has 0 aromatic heterocycles. The first-order valence-electron chi connectivity index (χ1n) is 9.08. The fourth-order valence-electron chi connectivity index (χ4n) is 3.77. The van der Waals surface area contributed by atoms with E-state index in [2.05, 4.69) is 4.99 Å². The first-order chi connectivity index (χ1) is 12.9. The van der Waals surface area contributed by atoms with E-state index in [1.165, 1.54) is 0 Å². The van der Waals surface area contributed by atoms with Crippen molar-refractivity contribution >= 4 is 12.2 Å². The highest BCUT2D eigenvalue weighted by Gasteiger charge is 2.39. The molecule has 2 aliphatic rings. The average Bonchev–Trinajstić information content (AvgIpc) is 2.71. The van der Waals surface area contributed by atoms with E-state index in [9.17, 15) is 25.2 Å². The largest absolute Gasteiger partial charge is 0.460 e. The van der Waals surface area contributed by atoms with Gasteiger partial charge in [-0.25, -0.2) is 4.79 Å². The number of fused-ring (bicyclic) bond motifs is 3. The SMILES string of the molecule is O=C(OC1CCC2N=Cc3ccccc3C2C1)[C@H](O)[C@@H](O)[C@H](O)[C@H](O)CO. The zero-order chi connectivity index (χ0) is 19.6. The highest BCUT2D eigenvalue weighted by molar-refractivity contribution is 5.83. The summed E-state index contributed by atoms with van der Waals surface area (Å²) in [5, 5.41) is 47.5. The van der Waals surface area contributed by atoms with Crippen molar-refractivity contribution in [1.82, 2.24) is 0 Å². The number of benzene rings is 1. The second kappa shape index (κ2) is 8.45. The molecule has 0 spiro atoms. The van der Waals surface area contributed by atoms with E-state index in [1.54, 1.807) is 0 Å². The molecule has 7 atom stereocenters. The summed E-state index contributed by atoms with van der Waals surface area (Å²) in [6.45, 7) is -0.814. The van der Waals surface area contributed by atoms with Gasteiger partial charge >= 0.3 is 5.97 Å². The lowest BCUT2D eigenvalue weighted by Crippen LogP contribution is -2.49. The molecular weight excluding hydrogens is 354 g/mol. The molecular formula is C19H25NO7. The van der Waals surface area contributed by atoms with Crippen molar-refractivity contribution in [2.75, 3.05) is 6.61 Å². The Kier molecular flexibility index (Phi) is 6.23. The number of carbonyl (C=O) groups excluding carboxylic acids is 1. The lowest BCUT2D eigenvalue weighted by atomic mass is 9.76. The van der Waals surface area contributed by atoms with Crippen LogP contribution in [0, 0.1) is 0 Å². The third-order valence-electron chi connectivity index (χ3n) is 5.35. The van der Waals surface area contributed by atoms with Crippen molar-refractivity contribution < 1.29 is 35.1 Å². The number of aliphatic hydroxyl groups excluding tert-OH is 5. The average molecular weight is 379 g/mol. The Hall–Kier alpha value is -1.84. The number of rotatable bonds is 6. The molecule has 1 saturated carbocycles. The van der Waals surface area contributed by atoms with Gasteiger partial charge in [0.2, 0.25) is 0 Å². The van der Waals surface area contributed by atoms with Crippen LogP contribution in [0.2, 0.25) is 0 Å². The first-order valence-corrected chi connectivity index (χ1v) is 9.08. The Morgan fingerprint density at radius 3 is 2.63 bits per heavy atom. The van der Waals surface area contributed by atoms with Crippen LogP contribution in [0.1, 0.15) is 36.3 Å². The van der Waals surface area contributed by atoms with Gasteiger partial charge in [0.25, 0.3) is 0 Å². The minimum Gasteiger partial charge on any atom is -0.460 e. The molecule has 0 amide bonds. The molecule has 1 aliphatic carbocycles. The maximum atomic E-state index is 12.2. The smallest absolute Gasteiger partial charge is 0.338 e. The van der Waals surface area contributed by atoms with Gasteiger partial charge in [0.05, 0.1) is 12.6 Å². The van der Waals surface area contributed by atoms with Gasteiger partial charge in [-0.1, -0.05) is 24.3 Å². The molecule has 1 fully saturated rings. The van der Waals surface area contributed by atoms with Crippen LogP contribution in [0.5, 0.6) is 0 Å². The molecule has 3 rings (SSSR count). The van der Waals surface area contributed by atoms with Crippen molar-refractivity contribution in [3.63, 3.8) is 0 Å². The summed E-state index contributed by atoms with van der Waals surface area (Å²) < 4.78 is 5.35. The van der Waals surface area contributed by atoms with E-state index in [0.29, 0.717) is 12.8 Å². The number of aliphatic hydroxyl groups is 5. The summed E-state index contributed by atoms with van der Waals surface area (Å²) in [6.07, 6.45) is -4.22. The molecule has 1 aromatic carbocycles. The summed E-state index contributed by atoms with van der Waals surface area (Å²) in [4.78, 5) is 16.7. The monoisotopic (exact) mass is 379 g/mol. The number of nitrogens with zero attached hydrogens (tertiary/aromatic N) is 1. The summed E-state index contributed by atoms with van der Waals surface area (Å²) in [5.41, 5.74) is 2.20. The summed E-state index contributed by atoms with van der Waals surface area (Å²) in [5.74, 6) is -0.954. The molecule has 27 heavy (non-hydrogen) atoms. The van der Waals surface area contributed by atoms with E-state index >= 15 is 0 Å². The molecule has 0 bridgehead atoms. The summed E-state index contributed by atoms with van der Waals surface area (Å²) in [7, 11) is 0. The van der Waals surface area contributed by atoms with E-state index in [1.807, 2.05) is 30.5 Å². The number of hydrogen-bond donors (Lipinski definition) is 5. The highest BCUT2D eigenvalue weighted by Crippen LogP contribution is 2.39. The van der Waals surface area contributed by atoms with Crippen LogP contribution < -0.4 is 0 Å². The Morgan fingerprint density at radius 2 is 1.89 bits per heavy atom. The third kappa shape index (κ3) is 4.20. The van der Waals surface area contributed by atoms with E-state index < -0.39 is 43.1 Å². The predicted molar refractivity (Wildman–Crippen MR) is 95.4 cm³/mol. The third-order valence-corrected chi connectivity index (χ3v) is 5.35. The first kappa shape index (κ1) is 19.9. The van der Waals surface area contributed by atoms with E-state index in [0.717, 1.165) is 17.5 Å². The van der Waals surface area contributed by atoms with Crippen molar-refractivity contribution in [3.05, 3.63) is 35.4 Å². The molecule has 148 valence electrons. The minimum atomic E-state index is -2.02. The lowest BCUT2D eigenvalue weighted by molar-refractivity contribution is -0.176. The number of aliphatic imine (C=N–C) groups is 1. The van der Waals surface area contributed by atoms with Gasteiger partial charge in [-0.15, -0.1) is 0 Å². The molecule has 1 heterocycles. The van der Waals surface area contributed by atoms with Crippen LogP contribution >= 0.6 is 0 Å². The molecule has 1 aliphatic heterocycles. The van der Waals surface area contributed by atoms with Crippen molar-refractivity contribution in [2.24, 2.45) is 4.99 Å². The van der Waals surface area contributed by atoms with Gasteiger partial charge in [-0.2, -0.15) is 0 Å². The number of ether oxygens (including phenoxy) is 1. The van der Waals surface area contributed by atoms with Gasteiger partial charge < -0.3 is 30.3 Å². The molecule has 0 saturated heterocycles.